The highest BCUT2D eigenvalue weighted by Gasteiger charge is 2.23. The second-order valence-electron chi connectivity index (χ2n) is 6.94. The normalized spacial score (nSPS) is 10.7. The van der Waals surface area contributed by atoms with E-state index in [9.17, 15) is 9.59 Å². The monoisotopic (exact) mass is 425 g/mol. The van der Waals surface area contributed by atoms with Crippen LogP contribution in [0.3, 0.4) is 0 Å². The molecule has 0 aliphatic carbocycles. The third-order valence-electron chi connectivity index (χ3n) is 4.73. The summed E-state index contributed by atoms with van der Waals surface area (Å²) >= 11 is 6.41. The lowest BCUT2D eigenvalue weighted by Crippen LogP contribution is -2.34. The molecule has 7 heteroatoms. The van der Waals surface area contributed by atoms with Gasteiger partial charge in [-0.05, 0) is 38.5 Å². The van der Waals surface area contributed by atoms with E-state index in [1.807, 2.05) is 68.4 Å². The fourth-order valence-electron chi connectivity index (χ4n) is 3.14. The summed E-state index contributed by atoms with van der Waals surface area (Å²) in [5, 5.41) is 4.56. The average molecular weight is 426 g/mol. The molecule has 0 radical (unpaired) electrons. The van der Waals surface area contributed by atoms with E-state index in [0.717, 1.165) is 16.8 Å². The van der Waals surface area contributed by atoms with E-state index < -0.39 is 5.97 Å². The zero-order chi connectivity index (χ0) is 21.7. The number of likely N-dealkylation sites (N-methyl/N-ethyl adjacent to an activating group) is 1. The highest BCUT2D eigenvalue weighted by atomic mass is 35.5. The predicted octanol–water partition coefficient (Wildman–Crippen LogP) is 4.41. The number of carbonyl (C=O) groups excluding carboxylic acids is 2. The molecule has 1 amide bonds. The molecule has 0 bridgehead atoms. The molecule has 30 heavy (non-hydrogen) atoms. The van der Waals surface area contributed by atoms with Crippen molar-refractivity contribution in [3.63, 3.8) is 0 Å². The van der Waals surface area contributed by atoms with Crippen molar-refractivity contribution in [2.75, 3.05) is 18.1 Å². The summed E-state index contributed by atoms with van der Waals surface area (Å²) in [6.45, 7) is 6.10. The van der Waals surface area contributed by atoms with Gasteiger partial charge in [0.2, 0.25) is 0 Å². The van der Waals surface area contributed by atoms with Crippen LogP contribution in [0.15, 0.2) is 54.6 Å². The van der Waals surface area contributed by atoms with Gasteiger partial charge in [-0.2, -0.15) is 5.10 Å². The topological polar surface area (TPSA) is 64.4 Å². The second kappa shape index (κ2) is 9.59. The van der Waals surface area contributed by atoms with Crippen LogP contribution in [0.25, 0.3) is 0 Å². The molecule has 0 saturated heterocycles. The highest BCUT2D eigenvalue weighted by molar-refractivity contribution is 6.32. The summed E-state index contributed by atoms with van der Waals surface area (Å²) in [7, 11) is 0. The maximum Gasteiger partial charge on any atom is 0.343 e. The SMILES string of the molecule is CCN(C(=O)COC(=O)c1c(C)nn(Cc2ccc(C)cc2)c1Cl)c1ccccc1. The Morgan fingerprint density at radius 2 is 1.73 bits per heavy atom. The maximum absolute atomic E-state index is 12.6. The fourth-order valence-corrected chi connectivity index (χ4v) is 3.46. The standard InChI is InChI=1S/C23H24ClN3O3/c1-4-26(19-8-6-5-7-9-19)20(28)15-30-23(29)21-17(3)25-27(22(21)24)14-18-12-10-16(2)11-13-18/h5-13H,4,14-15H2,1-3H3. The zero-order valence-electron chi connectivity index (χ0n) is 17.3. The average Bonchev–Trinajstić information content (AvgIpc) is 3.02. The van der Waals surface area contributed by atoms with Gasteiger partial charge < -0.3 is 9.64 Å². The molecule has 1 heterocycles. The fraction of sp³-hybridized carbons (Fsp3) is 0.261. The molecule has 6 nitrogen and oxygen atoms in total. The van der Waals surface area contributed by atoms with Gasteiger partial charge in [-0.1, -0.05) is 59.6 Å². The lowest BCUT2D eigenvalue weighted by Gasteiger charge is -2.20. The van der Waals surface area contributed by atoms with Gasteiger partial charge in [0.15, 0.2) is 6.61 Å². The van der Waals surface area contributed by atoms with Gasteiger partial charge >= 0.3 is 5.97 Å². The van der Waals surface area contributed by atoms with E-state index in [0.29, 0.717) is 18.8 Å². The number of aromatic nitrogens is 2. The summed E-state index contributed by atoms with van der Waals surface area (Å²) in [6.07, 6.45) is 0. The van der Waals surface area contributed by atoms with Crippen LogP contribution < -0.4 is 4.90 Å². The number of rotatable bonds is 7. The minimum atomic E-state index is -0.662. The number of ether oxygens (including phenoxy) is 1. The Hall–Kier alpha value is -3.12. The van der Waals surface area contributed by atoms with Crippen LogP contribution in [0.2, 0.25) is 5.15 Å². The Kier molecular flexibility index (Phi) is 6.90. The Labute approximate surface area is 181 Å². The molecule has 156 valence electrons. The number of hydrogen-bond donors (Lipinski definition) is 0. The number of carbonyl (C=O) groups is 2. The van der Waals surface area contributed by atoms with E-state index >= 15 is 0 Å². The number of benzene rings is 2. The Balaban J connectivity index is 1.68. The van der Waals surface area contributed by atoms with Gasteiger partial charge in [-0.3, -0.25) is 4.79 Å². The van der Waals surface area contributed by atoms with Crippen LogP contribution in [-0.4, -0.2) is 34.8 Å². The first kappa shape index (κ1) is 21.6. The lowest BCUT2D eigenvalue weighted by atomic mass is 10.1. The first-order chi connectivity index (χ1) is 14.4. The van der Waals surface area contributed by atoms with Crippen LogP contribution in [0, 0.1) is 13.8 Å². The van der Waals surface area contributed by atoms with Gasteiger partial charge in [0.1, 0.15) is 10.7 Å². The summed E-state index contributed by atoms with van der Waals surface area (Å²) in [5.74, 6) is -0.969. The number of esters is 1. The Morgan fingerprint density at radius 1 is 1.07 bits per heavy atom. The Morgan fingerprint density at radius 3 is 2.37 bits per heavy atom. The molecule has 0 aliphatic rings. The largest absolute Gasteiger partial charge is 0.452 e. The molecule has 3 aromatic rings. The number of nitrogens with zero attached hydrogens (tertiary/aromatic N) is 3. The number of aryl methyl sites for hydroxylation is 2. The van der Waals surface area contributed by atoms with E-state index in [4.69, 9.17) is 16.3 Å². The minimum absolute atomic E-state index is 0.180. The molecule has 0 saturated carbocycles. The van der Waals surface area contributed by atoms with Crippen molar-refractivity contribution in [2.45, 2.75) is 27.3 Å². The maximum atomic E-state index is 12.6. The van der Waals surface area contributed by atoms with Crippen LogP contribution in [-0.2, 0) is 16.1 Å². The lowest BCUT2D eigenvalue weighted by molar-refractivity contribution is -0.121. The van der Waals surface area contributed by atoms with Crippen LogP contribution in [0.1, 0.15) is 34.1 Å². The summed E-state index contributed by atoms with van der Waals surface area (Å²) in [6, 6.07) is 17.2. The first-order valence-electron chi connectivity index (χ1n) is 9.71. The second-order valence-corrected chi connectivity index (χ2v) is 7.30. The molecule has 3 rings (SSSR count). The van der Waals surface area contributed by atoms with E-state index in [1.165, 1.54) is 0 Å². The summed E-state index contributed by atoms with van der Waals surface area (Å²) in [4.78, 5) is 26.7. The van der Waals surface area contributed by atoms with Crippen molar-refractivity contribution in [2.24, 2.45) is 0 Å². The molecular formula is C23H24ClN3O3. The highest BCUT2D eigenvalue weighted by Crippen LogP contribution is 2.22. The van der Waals surface area contributed by atoms with E-state index in [1.54, 1.807) is 16.5 Å². The zero-order valence-corrected chi connectivity index (χ0v) is 18.0. The van der Waals surface area contributed by atoms with Gasteiger partial charge in [0.05, 0.1) is 12.2 Å². The van der Waals surface area contributed by atoms with Crippen molar-refractivity contribution in [3.05, 3.63) is 82.1 Å². The number of hydrogen-bond acceptors (Lipinski definition) is 4. The number of halogens is 1. The smallest absolute Gasteiger partial charge is 0.343 e. The van der Waals surface area contributed by atoms with Gasteiger partial charge in [0, 0.05) is 12.2 Å². The van der Waals surface area contributed by atoms with Gasteiger partial charge in [0.25, 0.3) is 5.91 Å². The Bertz CT molecular complexity index is 1030. The van der Waals surface area contributed by atoms with Crippen molar-refractivity contribution in [1.82, 2.24) is 9.78 Å². The third kappa shape index (κ3) is 4.89. The molecule has 1 aromatic heterocycles. The molecule has 2 aromatic carbocycles. The molecule has 0 N–H and O–H groups in total. The van der Waals surface area contributed by atoms with Crippen molar-refractivity contribution in [3.8, 4) is 0 Å². The number of anilines is 1. The number of amides is 1. The molecule has 0 fully saturated rings. The van der Waals surface area contributed by atoms with Gasteiger partial charge in [-0.15, -0.1) is 0 Å². The minimum Gasteiger partial charge on any atom is -0.452 e. The van der Waals surface area contributed by atoms with Crippen molar-refractivity contribution in [1.29, 1.82) is 0 Å². The molecule has 0 unspecified atom stereocenters. The van der Waals surface area contributed by atoms with Crippen molar-refractivity contribution < 1.29 is 14.3 Å². The molecule has 0 atom stereocenters. The summed E-state index contributed by atoms with van der Waals surface area (Å²) in [5.41, 5.74) is 3.56. The third-order valence-corrected chi connectivity index (χ3v) is 5.12. The quantitative estimate of drug-likeness (QED) is 0.526. The molecular weight excluding hydrogens is 402 g/mol. The first-order valence-corrected chi connectivity index (χ1v) is 10.1. The van der Waals surface area contributed by atoms with E-state index in [-0.39, 0.29) is 23.2 Å². The summed E-state index contributed by atoms with van der Waals surface area (Å²) < 4.78 is 6.83. The van der Waals surface area contributed by atoms with Crippen molar-refractivity contribution >= 4 is 29.2 Å². The predicted molar refractivity (Wildman–Crippen MR) is 117 cm³/mol. The molecule has 0 aliphatic heterocycles. The van der Waals surface area contributed by atoms with E-state index in [2.05, 4.69) is 5.10 Å². The van der Waals surface area contributed by atoms with Gasteiger partial charge in [-0.25, -0.2) is 9.48 Å². The van der Waals surface area contributed by atoms with Crippen LogP contribution >= 0.6 is 11.6 Å². The number of para-hydroxylation sites is 1. The van der Waals surface area contributed by atoms with Crippen LogP contribution in [0.4, 0.5) is 5.69 Å². The molecule has 0 spiro atoms. The van der Waals surface area contributed by atoms with Crippen LogP contribution in [0.5, 0.6) is 0 Å².